The summed E-state index contributed by atoms with van der Waals surface area (Å²) in [6, 6.07) is 6.20. The molecule has 0 saturated heterocycles. The fraction of sp³-hybridized carbons (Fsp3) is 0.533. The molecule has 0 spiro atoms. The molecule has 104 valence electrons. The van der Waals surface area contributed by atoms with E-state index in [0.29, 0.717) is 0 Å². The molecule has 19 heavy (non-hydrogen) atoms. The van der Waals surface area contributed by atoms with Crippen LogP contribution in [0.5, 0.6) is 0 Å². The Morgan fingerprint density at radius 1 is 1.42 bits per heavy atom. The minimum Gasteiger partial charge on any atom is -0.444 e. The van der Waals surface area contributed by atoms with Crippen molar-refractivity contribution in [1.82, 2.24) is 5.32 Å². The van der Waals surface area contributed by atoms with E-state index < -0.39 is 5.60 Å². The Morgan fingerprint density at radius 3 is 2.84 bits per heavy atom. The first-order valence-electron chi connectivity index (χ1n) is 6.63. The molecule has 4 heteroatoms. The van der Waals surface area contributed by atoms with E-state index in [9.17, 15) is 4.79 Å². The molecule has 1 aliphatic rings. The van der Waals surface area contributed by atoms with Gasteiger partial charge in [0.15, 0.2) is 0 Å². The second-order valence-corrected chi connectivity index (χ2v) is 6.75. The summed E-state index contributed by atoms with van der Waals surface area (Å²) in [6.07, 6.45) is 2.76. The van der Waals surface area contributed by atoms with Crippen molar-refractivity contribution in [2.45, 2.75) is 51.7 Å². The van der Waals surface area contributed by atoms with Gasteiger partial charge in [0.25, 0.3) is 0 Å². The number of carbonyl (C=O) groups is 1. The number of hydrogen-bond donors (Lipinski definition) is 1. The normalized spacial score (nSPS) is 18.6. The van der Waals surface area contributed by atoms with Crippen LogP contribution in [0.2, 0.25) is 0 Å². The predicted octanol–water partition coefficient (Wildman–Crippen LogP) is 4.35. The number of fused-ring (bicyclic) bond motifs is 1. The van der Waals surface area contributed by atoms with E-state index in [4.69, 9.17) is 4.74 Å². The number of halogens is 1. The Bertz CT molecular complexity index is 480. The maximum Gasteiger partial charge on any atom is 0.408 e. The molecular formula is C15H20BrNO2. The van der Waals surface area contributed by atoms with E-state index in [2.05, 4.69) is 33.4 Å². The third-order valence-electron chi connectivity index (χ3n) is 3.14. The fourth-order valence-corrected chi connectivity index (χ4v) is 2.98. The lowest BCUT2D eigenvalue weighted by molar-refractivity contribution is 0.0498. The fourth-order valence-electron chi connectivity index (χ4n) is 2.40. The molecule has 1 aliphatic carbocycles. The van der Waals surface area contributed by atoms with E-state index in [1.165, 1.54) is 11.1 Å². The van der Waals surface area contributed by atoms with E-state index in [-0.39, 0.29) is 12.1 Å². The van der Waals surface area contributed by atoms with Crippen LogP contribution in [0, 0.1) is 0 Å². The SMILES string of the molecule is CC(C)(C)OC(=O)N[C@H]1CCCc2c(Br)cccc21. The minimum atomic E-state index is -0.459. The van der Waals surface area contributed by atoms with E-state index in [0.717, 1.165) is 23.7 Å². The summed E-state index contributed by atoms with van der Waals surface area (Å²) in [4.78, 5) is 11.9. The van der Waals surface area contributed by atoms with Crippen molar-refractivity contribution in [1.29, 1.82) is 0 Å². The maximum absolute atomic E-state index is 11.9. The number of nitrogens with one attached hydrogen (secondary N) is 1. The molecule has 0 aromatic heterocycles. The van der Waals surface area contributed by atoms with Gasteiger partial charge in [-0.05, 0) is 57.2 Å². The van der Waals surface area contributed by atoms with Gasteiger partial charge in [-0.15, -0.1) is 0 Å². The molecule has 0 aliphatic heterocycles. The van der Waals surface area contributed by atoms with Gasteiger partial charge in [0.2, 0.25) is 0 Å². The zero-order valence-electron chi connectivity index (χ0n) is 11.6. The zero-order valence-corrected chi connectivity index (χ0v) is 13.2. The van der Waals surface area contributed by atoms with Gasteiger partial charge < -0.3 is 10.1 Å². The lowest BCUT2D eigenvalue weighted by Crippen LogP contribution is -2.36. The number of rotatable bonds is 1. The molecule has 0 fully saturated rings. The first-order chi connectivity index (χ1) is 8.87. The predicted molar refractivity (Wildman–Crippen MR) is 79.2 cm³/mol. The molecular weight excluding hydrogens is 306 g/mol. The first kappa shape index (κ1) is 14.4. The summed E-state index contributed by atoms with van der Waals surface area (Å²) in [5.41, 5.74) is 2.04. The highest BCUT2D eigenvalue weighted by atomic mass is 79.9. The highest BCUT2D eigenvalue weighted by Crippen LogP contribution is 2.34. The van der Waals surface area contributed by atoms with Gasteiger partial charge >= 0.3 is 6.09 Å². The quantitative estimate of drug-likeness (QED) is 0.833. The molecule has 0 unspecified atom stereocenters. The molecule has 1 N–H and O–H groups in total. The standard InChI is InChI=1S/C15H20BrNO2/c1-15(2,3)19-14(18)17-13-9-5-6-10-11(13)7-4-8-12(10)16/h4,7-8,13H,5-6,9H2,1-3H3,(H,17,18)/t13-/m0/s1. The summed E-state index contributed by atoms with van der Waals surface area (Å²) in [6.45, 7) is 5.62. The summed E-state index contributed by atoms with van der Waals surface area (Å²) >= 11 is 3.58. The summed E-state index contributed by atoms with van der Waals surface area (Å²) in [5, 5.41) is 2.98. The first-order valence-corrected chi connectivity index (χ1v) is 7.43. The Hall–Kier alpha value is -1.03. The largest absolute Gasteiger partial charge is 0.444 e. The smallest absolute Gasteiger partial charge is 0.408 e. The van der Waals surface area contributed by atoms with Crippen LogP contribution in [0.4, 0.5) is 4.79 Å². The summed E-state index contributed by atoms with van der Waals surface area (Å²) < 4.78 is 6.45. The molecule has 2 rings (SSSR count). The van der Waals surface area contributed by atoms with Crippen LogP contribution in [-0.4, -0.2) is 11.7 Å². The molecule has 1 atom stereocenters. The number of amides is 1. The Labute approximate surface area is 122 Å². The second-order valence-electron chi connectivity index (χ2n) is 5.90. The van der Waals surface area contributed by atoms with Crippen molar-refractivity contribution < 1.29 is 9.53 Å². The highest BCUT2D eigenvalue weighted by Gasteiger charge is 2.25. The lowest BCUT2D eigenvalue weighted by atomic mass is 9.88. The van der Waals surface area contributed by atoms with Crippen LogP contribution in [0.1, 0.15) is 50.8 Å². The third-order valence-corrected chi connectivity index (χ3v) is 3.88. The van der Waals surface area contributed by atoms with Crippen LogP contribution >= 0.6 is 15.9 Å². The van der Waals surface area contributed by atoms with Crippen LogP contribution in [0.3, 0.4) is 0 Å². The minimum absolute atomic E-state index is 0.0519. The average Bonchev–Trinajstić information content (AvgIpc) is 2.28. The number of carbonyl (C=O) groups excluding carboxylic acids is 1. The molecule has 0 bridgehead atoms. The Kier molecular flexibility index (Phi) is 4.19. The van der Waals surface area contributed by atoms with E-state index >= 15 is 0 Å². The average molecular weight is 326 g/mol. The van der Waals surface area contributed by atoms with Gasteiger partial charge in [-0.3, -0.25) is 0 Å². The van der Waals surface area contributed by atoms with Gasteiger partial charge in [0.05, 0.1) is 6.04 Å². The second kappa shape index (κ2) is 5.53. The van der Waals surface area contributed by atoms with E-state index in [1.54, 1.807) is 0 Å². The molecule has 1 amide bonds. The number of benzene rings is 1. The molecule has 1 aromatic carbocycles. The third kappa shape index (κ3) is 3.72. The maximum atomic E-state index is 11.9. The summed E-state index contributed by atoms with van der Waals surface area (Å²) in [7, 11) is 0. The van der Waals surface area contributed by atoms with E-state index in [1.807, 2.05) is 26.8 Å². The van der Waals surface area contributed by atoms with Crippen LogP contribution in [-0.2, 0) is 11.2 Å². The number of alkyl carbamates (subject to hydrolysis) is 1. The Morgan fingerprint density at radius 2 is 2.16 bits per heavy atom. The lowest BCUT2D eigenvalue weighted by Gasteiger charge is -2.28. The Balaban J connectivity index is 2.12. The molecule has 0 heterocycles. The zero-order chi connectivity index (χ0) is 14.0. The molecule has 0 saturated carbocycles. The number of ether oxygens (including phenoxy) is 1. The van der Waals surface area contributed by atoms with Crippen LogP contribution in [0.15, 0.2) is 22.7 Å². The van der Waals surface area contributed by atoms with Crippen molar-refractivity contribution in [2.75, 3.05) is 0 Å². The number of hydrogen-bond acceptors (Lipinski definition) is 2. The van der Waals surface area contributed by atoms with Crippen molar-refractivity contribution in [3.63, 3.8) is 0 Å². The van der Waals surface area contributed by atoms with Crippen LogP contribution in [0.25, 0.3) is 0 Å². The summed E-state index contributed by atoms with van der Waals surface area (Å²) in [5.74, 6) is 0. The van der Waals surface area contributed by atoms with Crippen LogP contribution < -0.4 is 5.32 Å². The van der Waals surface area contributed by atoms with Gasteiger partial charge in [-0.25, -0.2) is 4.79 Å². The topological polar surface area (TPSA) is 38.3 Å². The van der Waals surface area contributed by atoms with Crippen molar-refractivity contribution >= 4 is 22.0 Å². The molecule has 0 radical (unpaired) electrons. The highest BCUT2D eigenvalue weighted by molar-refractivity contribution is 9.10. The molecule has 3 nitrogen and oxygen atoms in total. The van der Waals surface area contributed by atoms with Gasteiger partial charge in [-0.2, -0.15) is 0 Å². The molecule has 1 aromatic rings. The van der Waals surface area contributed by atoms with Crippen molar-refractivity contribution in [3.8, 4) is 0 Å². The van der Waals surface area contributed by atoms with Gasteiger partial charge in [-0.1, -0.05) is 28.1 Å². The van der Waals surface area contributed by atoms with Gasteiger partial charge in [0, 0.05) is 4.47 Å². The van der Waals surface area contributed by atoms with Crippen molar-refractivity contribution in [3.05, 3.63) is 33.8 Å². The van der Waals surface area contributed by atoms with Crippen molar-refractivity contribution in [2.24, 2.45) is 0 Å². The monoisotopic (exact) mass is 325 g/mol. The van der Waals surface area contributed by atoms with Gasteiger partial charge in [0.1, 0.15) is 5.60 Å².